The van der Waals surface area contributed by atoms with Crippen molar-refractivity contribution >= 4 is 44.1 Å². The second kappa shape index (κ2) is 10.1. The third-order valence-corrected chi connectivity index (χ3v) is 11.4. The summed E-state index contributed by atoms with van der Waals surface area (Å²) in [6.45, 7) is 0.484. The summed E-state index contributed by atoms with van der Waals surface area (Å²) in [6.07, 6.45) is -0.719. The van der Waals surface area contributed by atoms with Crippen LogP contribution < -0.4 is 15.6 Å². The molecule has 3 heterocycles. The van der Waals surface area contributed by atoms with E-state index in [2.05, 4.69) is 15.0 Å². The fraction of sp³-hybridized carbons (Fsp3) is 0.304. The highest BCUT2D eigenvalue weighted by atomic mass is 31.2. The summed E-state index contributed by atoms with van der Waals surface area (Å²) in [5.41, 5.74) is -2.61. The molecule has 1 saturated carbocycles. The number of aromatic nitrogens is 2. The average molecular weight is 648 g/mol. The number of alkyl carbamates (subject to hydrolysis) is 1. The van der Waals surface area contributed by atoms with Gasteiger partial charge in [-0.3, -0.25) is 18.5 Å². The van der Waals surface area contributed by atoms with Crippen LogP contribution in [-0.4, -0.2) is 70.5 Å². The van der Waals surface area contributed by atoms with Crippen molar-refractivity contribution in [2.45, 2.75) is 18.0 Å². The third kappa shape index (κ3) is 5.19. The second-order valence-corrected chi connectivity index (χ2v) is 14.4. The fourth-order valence-corrected chi connectivity index (χ4v) is 6.75. The van der Waals surface area contributed by atoms with Gasteiger partial charge in [0.15, 0.2) is 17.3 Å². The molecule has 0 unspecified atom stereocenters. The van der Waals surface area contributed by atoms with Crippen LogP contribution in [0.15, 0.2) is 35.3 Å². The SMILES string of the molecule is CC(OC(=O)N[C@H]1[C@@H]2CN(c3nc4c(cc3F)c(=O)c(C(=O)O)cn4-c3ccc(F)cc3F)C[C@@H]21)(P(=O)(O)O)P(=O)(O)O. The number of ether oxygens (including phenoxy) is 1. The number of carboxylic acids is 1. The summed E-state index contributed by atoms with van der Waals surface area (Å²) < 4.78 is 72.1. The van der Waals surface area contributed by atoms with Gasteiger partial charge in [0.25, 0.3) is 0 Å². The number of carboxylic acid groups (broad SMARTS) is 1. The molecule has 1 aliphatic carbocycles. The van der Waals surface area contributed by atoms with E-state index in [1.807, 2.05) is 0 Å². The monoisotopic (exact) mass is 648 g/mol. The molecular formula is C23H21F3N4O11P2. The summed E-state index contributed by atoms with van der Waals surface area (Å²) in [4.78, 5) is 79.7. The first kappa shape index (κ1) is 30.7. The van der Waals surface area contributed by atoms with E-state index < -0.39 is 72.2 Å². The molecule has 5 rings (SSSR count). The lowest BCUT2D eigenvalue weighted by molar-refractivity contribution is 0.0695. The molecule has 2 aromatic heterocycles. The molecule has 2 fully saturated rings. The number of carbonyl (C=O) groups is 2. The number of amides is 1. The molecule has 43 heavy (non-hydrogen) atoms. The number of fused-ring (bicyclic) bond motifs is 2. The normalized spacial score (nSPS) is 20.2. The van der Waals surface area contributed by atoms with Gasteiger partial charge in [-0.2, -0.15) is 0 Å². The second-order valence-electron chi connectivity index (χ2n) is 10.1. The summed E-state index contributed by atoms with van der Waals surface area (Å²) in [5.74, 6) is -5.82. The van der Waals surface area contributed by atoms with Crippen LogP contribution in [0.3, 0.4) is 0 Å². The van der Waals surface area contributed by atoms with Gasteiger partial charge in [-0.1, -0.05) is 0 Å². The number of carbonyl (C=O) groups excluding carboxylic acids is 1. The van der Waals surface area contributed by atoms with Gasteiger partial charge in [-0.15, -0.1) is 0 Å². The Kier molecular flexibility index (Phi) is 7.23. The smallest absolute Gasteiger partial charge is 0.409 e. The highest BCUT2D eigenvalue weighted by Gasteiger charge is 2.62. The number of rotatable bonds is 7. The Labute approximate surface area is 237 Å². The Morgan fingerprint density at radius 2 is 1.65 bits per heavy atom. The summed E-state index contributed by atoms with van der Waals surface area (Å²) in [6, 6.07) is 2.47. The molecule has 3 aromatic rings. The van der Waals surface area contributed by atoms with Crippen molar-refractivity contribution in [1.82, 2.24) is 14.9 Å². The number of hydrogen-bond donors (Lipinski definition) is 6. The summed E-state index contributed by atoms with van der Waals surface area (Å²) in [7, 11) is -11.3. The lowest BCUT2D eigenvalue weighted by atomic mass is 10.1. The Bertz CT molecular complexity index is 1830. The fourth-order valence-electron chi connectivity index (χ4n) is 4.99. The highest BCUT2D eigenvalue weighted by molar-refractivity contribution is 7.72. The molecule has 2 aliphatic rings. The highest BCUT2D eigenvalue weighted by Crippen LogP contribution is 2.69. The zero-order valence-electron chi connectivity index (χ0n) is 21.6. The van der Waals surface area contributed by atoms with Gasteiger partial charge in [0.1, 0.15) is 17.2 Å². The number of nitrogens with one attached hydrogen (secondary N) is 1. The maximum Gasteiger partial charge on any atom is 0.409 e. The Hall–Kier alpha value is -3.79. The van der Waals surface area contributed by atoms with Gasteiger partial charge in [-0.25, -0.2) is 27.7 Å². The van der Waals surface area contributed by atoms with E-state index in [0.29, 0.717) is 13.0 Å². The molecule has 3 atom stereocenters. The average Bonchev–Trinajstić information content (AvgIpc) is 3.30. The molecule has 0 bridgehead atoms. The van der Waals surface area contributed by atoms with Gasteiger partial charge in [0.2, 0.25) is 5.43 Å². The number of hydrogen-bond acceptors (Lipinski definition) is 8. The first-order valence-corrected chi connectivity index (χ1v) is 15.4. The molecule has 6 N–H and O–H groups in total. The van der Waals surface area contributed by atoms with Gasteiger partial charge >= 0.3 is 32.3 Å². The van der Waals surface area contributed by atoms with Gasteiger partial charge in [0.05, 0.1) is 11.1 Å². The number of pyridine rings is 2. The van der Waals surface area contributed by atoms with Gasteiger partial charge in [0, 0.05) is 43.2 Å². The lowest BCUT2D eigenvalue weighted by Gasteiger charge is -2.30. The zero-order chi connectivity index (χ0) is 31.8. The largest absolute Gasteiger partial charge is 0.477 e. The minimum absolute atomic E-state index is 0.0433. The van der Waals surface area contributed by atoms with Crippen LogP contribution in [0, 0.1) is 29.3 Å². The molecule has 15 nitrogen and oxygen atoms in total. The molecular weight excluding hydrogens is 627 g/mol. The van der Waals surface area contributed by atoms with Crippen LogP contribution >= 0.6 is 15.2 Å². The van der Waals surface area contributed by atoms with Crippen molar-refractivity contribution in [1.29, 1.82) is 0 Å². The minimum Gasteiger partial charge on any atom is -0.477 e. The van der Waals surface area contributed by atoms with Crippen molar-refractivity contribution in [3.8, 4) is 5.69 Å². The Balaban J connectivity index is 1.41. The number of benzene rings is 1. The van der Waals surface area contributed by atoms with E-state index in [0.717, 1.165) is 29.0 Å². The standard InChI is InChI=1S/C23H21F3N4O11P2/c1-23(42(35,36)37,43(38,39)40)41-22(34)27-17-11-6-29(7-12(11)17)20-15(26)5-10-18(31)13(21(32)33)8-30(19(10)28-20)16-3-2-9(24)4-14(16)25/h2-5,8,11-12,17H,6-7H2,1H3,(H,27,34)(H,32,33)(H2,35,36,37)(H2,38,39,40)/t11-,12+,17+. The van der Waals surface area contributed by atoms with Crippen LogP contribution in [0.4, 0.5) is 23.8 Å². The molecule has 1 saturated heterocycles. The molecule has 1 amide bonds. The summed E-state index contributed by atoms with van der Waals surface area (Å²) in [5, 5.41) is 7.82. The van der Waals surface area contributed by atoms with E-state index in [-0.39, 0.29) is 42.1 Å². The molecule has 230 valence electrons. The van der Waals surface area contributed by atoms with Gasteiger partial charge in [-0.05, 0) is 25.1 Å². The summed E-state index contributed by atoms with van der Waals surface area (Å²) >= 11 is 0. The maximum atomic E-state index is 15.2. The van der Waals surface area contributed by atoms with Crippen LogP contribution in [0.5, 0.6) is 0 Å². The molecule has 1 aromatic carbocycles. The Morgan fingerprint density at radius 1 is 1.05 bits per heavy atom. The van der Waals surface area contributed by atoms with E-state index in [1.54, 1.807) is 0 Å². The van der Waals surface area contributed by atoms with Crippen LogP contribution in [0.1, 0.15) is 17.3 Å². The van der Waals surface area contributed by atoms with Crippen LogP contribution in [0.25, 0.3) is 16.7 Å². The first-order valence-electron chi connectivity index (χ1n) is 12.1. The van der Waals surface area contributed by atoms with Crippen LogP contribution in [-0.2, 0) is 13.9 Å². The van der Waals surface area contributed by atoms with Crippen molar-refractivity contribution in [3.63, 3.8) is 0 Å². The van der Waals surface area contributed by atoms with E-state index in [4.69, 9.17) is 0 Å². The van der Waals surface area contributed by atoms with Gasteiger partial charge < -0.3 is 39.6 Å². The number of anilines is 1. The number of aromatic carboxylic acids is 1. The van der Waals surface area contributed by atoms with Crippen molar-refractivity contribution in [2.24, 2.45) is 11.8 Å². The van der Waals surface area contributed by atoms with E-state index in [1.165, 1.54) is 4.90 Å². The zero-order valence-corrected chi connectivity index (χ0v) is 23.4. The lowest BCUT2D eigenvalue weighted by Crippen LogP contribution is -2.40. The predicted molar refractivity (Wildman–Crippen MR) is 139 cm³/mol. The molecule has 1 aliphatic heterocycles. The molecule has 0 spiro atoms. The number of nitrogens with zero attached hydrogens (tertiary/aromatic N) is 3. The first-order chi connectivity index (χ1) is 19.8. The molecule has 0 radical (unpaired) electrons. The maximum absolute atomic E-state index is 15.2. The van der Waals surface area contributed by atoms with E-state index >= 15 is 4.39 Å². The van der Waals surface area contributed by atoms with Crippen molar-refractivity contribution in [3.05, 3.63) is 63.7 Å². The third-order valence-electron chi connectivity index (χ3n) is 7.46. The number of piperidine rings is 1. The number of halogens is 3. The minimum atomic E-state index is -5.63. The topological polar surface area (TPSA) is 229 Å². The Morgan fingerprint density at radius 3 is 2.19 bits per heavy atom. The van der Waals surface area contributed by atoms with Crippen LogP contribution in [0.2, 0.25) is 0 Å². The predicted octanol–water partition coefficient (Wildman–Crippen LogP) is 1.69. The quantitative estimate of drug-likeness (QED) is 0.201. The van der Waals surface area contributed by atoms with Crippen molar-refractivity contribution < 1.29 is 61.3 Å². The van der Waals surface area contributed by atoms with Crippen molar-refractivity contribution in [2.75, 3.05) is 18.0 Å². The van der Waals surface area contributed by atoms with E-state index in [9.17, 15) is 57.0 Å². The molecule has 20 heteroatoms.